The number of hydrogen-bond donors (Lipinski definition) is 1. The summed E-state index contributed by atoms with van der Waals surface area (Å²) in [6.45, 7) is 2.11. The maximum Gasteiger partial charge on any atom is 0.191 e. The quantitative estimate of drug-likeness (QED) is 0.530. The average molecular weight is 281 g/mol. The van der Waals surface area contributed by atoms with Crippen LogP contribution in [0, 0.1) is 0 Å². The molecule has 0 saturated heterocycles. The highest BCUT2D eigenvalue weighted by molar-refractivity contribution is 7.98. The maximum atomic E-state index is 5.83. The molecule has 0 saturated carbocycles. The molecule has 0 atom stereocenters. The van der Waals surface area contributed by atoms with Crippen molar-refractivity contribution < 1.29 is 0 Å². The summed E-state index contributed by atoms with van der Waals surface area (Å²) in [6, 6.07) is 5.56. The summed E-state index contributed by atoms with van der Waals surface area (Å²) in [4.78, 5) is 12.6. The summed E-state index contributed by atoms with van der Waals surface area (Å²) in [5.41, 5.74) is 7.90. The number of aromatic nitrogens is 3. The third-order valence-electron chi connectivity index (χ3n) is 2.40. The van der Waals surface area contributed by atoms with E-state index in [0.717, 1.165) is 12.1 Å². The summed E-state index contributed by atoms with van der Waals surface area (Å²) < 4.78 is 0. The van der Waals surface area contributed by atoms with E-state index < -0.39 is 0 Å². The fourth-order valence-electron chi connectivity index (χ4n) is 1.53. The Morgan fingerprint density at radius 1 is 1.39 bits per heavy atom. The minimum absolute atomic E-state index is 0.363. The minimum atomic E-state index is 0.363. The predicted octanol–water partition coefficient (Wildman–Crippen LogP) is 2.96. The molecule has 0 fully saturated rings. The van der Waals surface area contributed by atoms with Crippen LogP contribution in [0.15, 0.2) is 29.6 Å². The van der Waals surface area contributed by atoms with Crippen molar-refractivity contribution in [3.63, 3.8) is 0 Å². The summed E-state index contributed by atoms with van der Waals surface area (Å²) in [5.74, 6) is 1.10. The van der Waals surface area contributed by atoms with Gasteiger partial charge in [0, 0.05) is 18.0 Å². The highest BCUT2D eigenvalue weighted by Crippen LogP contribution is 2.22. The molecule has 0 aliphatic carbocycles. The molecule has 0 amide bonds. The second kappa shape index (κ2) is 6.02. The van der Waals surface area contributed by atoms with E-state index in [1.807, 2.05) is 6.07 Å². The molecule has 4 nitrogen and oxygen atoms in total. The van der Waals surface area contributed by atoms with Gasteiger partial charge in [-0.25, -0.2) is 9.97 Å². The van der Waals surface area contributed by atoms with E-state index in [9.17, 15) is 0 Å². The Bertz CT molecular complexity index is 527. The Morgan fingerprint density at radius 2 is 2.22 bits per heavy atom. The molecular weight excluding hydrogens is 268 g/mol. The Balaban J connectivity index is 2.11. The zero-order valence-corrected chi connectivity index (χ0v) is 11.5. The second-order valence-electron chi connectivity index (χ2n) is 3.65. The van der Waals surface area contributed by atoms with Gasteiger partial charge in [-0.15, -0.1) is 0 Å². The average Bonchev–Trinajstić information content (AvgIpc) is 2.35. The van der Waals surface area contributed by atoms with Gasteiger partial charge in [0.05, 0.1) is 5.69 Å². The zero-order valence-electron chi connectivity index (χ0n) is 9.93. The number of aryl methyl sites for hydroxylation is 1. The van der Waals surface area contributed by atoms with Gasteiger partial charge < -0.3 is 5.73 Å². The van der Waals surface area contributed by atoms with Gasteiger partial charge in [0.1, 0.15) is 11.0 Å². The number of halogens is 1. The third-order valence-corrected chi connectivity index (χ3v) is 3.45. The fraction of sp³-hybridized carbons (Fsp3) is 0.250. The molecule has 0 bridgehead atoms. The van der Waals surface area contributed by atoms with Crippen LogP contribution >= 0.6 is 23.4 Å². The molecule has 0 aliphatic heterocycles. The van der Waals surface area contributed by atoms with Crippen LogP contribution in [0.1, 0.15) is 18.2 Å². The van der Waals surface area contributed by atoms with Crippen molar-refractivity contribution >= 4 is 29.2 Å². The van der Waals surface area contributed by atoms with Crippen molar-refractivity contribution in [3.8, 4) is 0 Å². The zero-order chi connectivity index (χ0) is 13.0. The molecule has 0 aromatic carbocycles. The van der Waals surface area contributed by atoms with Crippen LogP contribution in [0.5, 0.6) is 0 Å². The number of nitrogens with two attached hydrogens (primary N) is 1. The first-order valence-electron chi connectivity index (χ1n) is 5.54. The van der Waals surface area contributed by atoms with E-state index in [0.29, 0.717) is 21.9 Å². The topological polar surface area (TPSA) is 64.7 Å². The molecule has 0 radical (unpaired) electrons. The van der Waals surface area contributed by atoms with Crippen molar-refractivity contribution in [2.75, 3.05) is 5.73 Å². The van der Waals surface area contributed by atoms with E-state index >= 15 is 0 Å². The van der Waals surface area contributed by atoms with Gasteiger partial charge in [-0.2, -0.15) is 0 Å². The number of nitrogens with zero attached hydrogens (tertiary/aromatic N) is 3. The SMILES string of the molecule is CCc1cccnc1CSc1nc(N)cc(Cl)n1. The lowest BCUT2D eigenvalue weighted by molar-refractivity contribution is 0.969. The number of anilines is 1. The van der Waals surface area contributed by atoms with Crippen LogP contribution in [-0.2, 0) is 12.2 Å². The van der Waals surface area contributed by atoms with E-state index in [1.165, 1.54) is 23.4 Å². The summed E-state index contributed by atoms with van der Waals surface area (Å²) in [7, 11) is 0. The molecule has 94 valence electrons. The Morgan fingerprint density at radius 3 is 2.94 bits per heavy atom. The smallest absolute Gasteiger partial charge is 0.191 e. The van der Waals surface area contributed by atoms with Gasteiger partial charge in [-0.3, -0.25) is 4.98 Å². The Hall–Kier alpha value is -1.33. The van der Waals surface area contributed by atoms with Crippen LogP contribution in [0.2, 0.25) is 5.15 Å². The van der Waals surface area contributed by atoms with Crippen LogP contribution < -0.4 is 5.73 Å². The molecule has 2 rings (SSSR count). The largest absolute Gasteiger partial charge is 0.384 e. The van der Waals surface area contributed by atoms with E-state index in [4.69, 9.17) is 17.3 Å². The molecule has 0 spiro atoms. The monoisotopic (exact) mass is 280 g/mol. The van der Waals surface area contributed by atoms with E-state index in [1.54, 1.807) is 6.20 Å². The molecular formula is C12H13ClN4S. The van der Waals surface area contributed by atoms with Crippen LogP contribution in [0.3, 0.4) is 0 Å². The molecule has 6 heteroatoms. The number of hydrogen-bond acceptors (Lipinski definition) is 5. The van der Waals surface area contributed by atoms with E-state index in [-0.39, 0.29) is 0 Å². The summed E-state index contributed by atoms with van der Waals surface area (Å²) >= 11 is 7.31. The highest BCUT2D eigenvalue weighted by Gasteiger charge is 2.06. The molecule has 0 aliphatic rings. The number of nitrogen functional groups attached to an aromatic ring is 1. The normalized spacial score (nSPS) is 10.6. The van der Waals surface area contributed by atoms with Crippen molar-refractivity contribution in [1.29, 1.82) is 0 Å². The van der Waals surface area contributed by atoms with Gasteiger partial charge in [0.15, 0.2) is 5.16 Å². The number of pyridine rings is 1. The van der Waals surface area contributed by atoms with Gasteiger partial charge in [0.25, 0.3) is 0 Å². The lowest BCUT2D eigenvalue weighted by Crippen LogP contribution is -1.97. The molecule has 2 heterocycles. The van der Waals surface area contributed by atoms with Gasteiger partial charge in [-0.05, 0) is 18.1 Å². The molecule has 2 aromatic rings. The highest BCUT2D eigenvalue weighted by atomic mass is 35.5. The molecule has 18 heavy (non-hydrogen) atoms. The maximum absolute atomic E-state index is 5.83. The number of rotatable bonds is 4. The number of thioether (sulfide) groups is 1. The molecule has 2 aromatic heterocycles. The lowest BCUT2D eigenvalue weighted by atomic mass is 10.1. The van der Waals surface area contributed by atoms with Gasteiger partial charge in [-0.1, -0.05) is 36.4 Å². The van der Waals surface area contributed by atoms with Crippen LogP contribution in [0.25, 0.3) is 0 Å². The first kappa shape index (κ1) is 13.1. The van der Waals surface area contributed by atoms with Crippen LogP contribution in [0.4, 0.5) is 5.82 Å². The van der Waals surface area contributed by atoms with Gasteiger partial charge in [0.2, 0.25) is 0 Å². The standard InChI is InChI=1S/C12H13ClN4S/c1-2-8-4-3-5-15-9(8)7-18-12-16-10(13)6-11(14)17-12/h3-6H,2,7H2,1H3,(H2,14,16,17). The summed E-state index contributed by atoms with van der Waals surface area (Å²) in [5, 5.41) is 0.939. The van der Waals surface area contributed by atoms with Gasteiger partial charge >= 0.3 is 0 Å². The van der Waals surface area contributed by atoms with Crippen molar-refractivity contribution in [2.45, 2.75) is 24.3 Å². The fourth-order valence-corrected chi connectivity index (χ4v) is 2.63. The first-order chi connectivity index (χ1) is 8.69. The molecule has 2 N–H and O–H groups in total. The second-order valence-corrected chi connectivity index (χ2v) is 4.98. The third kappa shape index (κ3) is 3.34. The predicted molar refractivity (Wildman–Crippen MR) is 74.6 cm³/mol. The van der Waals surface area contributed by atoms with Crippen molar-refractivity contribution in [2.24, 2.45) is 0 Å². The lowest BCUT2D eigenvalue weighted by Gasteiger charge is -2.05. The minimum Gasteiger partial charge on any atom is -0.384 e. The molecule has 0 unspecified atom stereocenters. The summed E-state index contributed by atoms with van der Waals surface area (Å²) in [6.07, 6.45) is 2.75. The Kier molecular flexibility index (Phi) is 4.38. The van der Waals surface area contributed by atoms with Crippen molar-refractivity contribution in [1.82, 2.24) is 15.0 Å². The van der Waals surface area contributed by atoms with Crippen molar-refractivity contribution in [3.05, 3.63) is 40.8 Å². The first-order valence-corrected chi connectivity index (χ1v) is 6.91. The van der Waals surface area contributed by atoms with E-state index in [2.05, 4.69) is 27.9 Å². The van der Waals surface area contributed by atoms with Crippen LogP contribution in [-0.4, -0.2) is 15.0 Å². The Labute approximate surface area is 115 Å².